The molecule has 6 heteroatoms. The lowest BCUT2D eigenvalue weighted by Crippen LogP contribution is -3.05. The number of nitrogens with zero attached hydrogens (tertiary/aromatic N) is 1. The van der Waals surface area contributed by atoms with Crippen LogP contribution >= 0.6 is 11.8 Å². The Morgan fingerprint density at radius 3 is 2.12 bits per heavy atom. The molecule has 2 aromatic rings. The number of hydrogen-bond acceptors (Lipinski definition) is 2. The molecule has 0 saturated carbocycles. The average molecular weight is 364 g/mol. The highest BCUT2D eigenvalue weighted by Gasteiger charge is 2.27. The van der Waals surface area contributed by atoms with E-state index in [1.807, 2.05) is 36.4 Å². The standard InChI is InChI=1S/C18H21N3OS.ClH/c1-20(2)13-7-12-19-18(22)21-14-8-3-5-10-16(14)23-17-11-6-4-9-15(17)21;/h3-6,8-11H,7,12-13H2,1-2H3,(H,19,22);1H. The molecule has 0 aromatic heterocycles. The van der Waals surface area contributed by atoms with E-state index >= 15 is 0 Å². The molecule has 1 aliphatic rings. The smallest absolute Gasteiger partial charge is 0.326 e. The number of halogens is 1. The molecule has 4 nitrogen and oxygen atoms in total. The zero-order valence-corrected chi connectivity index (χ0v) is 15.5. The van der Waals surface area contributed by atoms with Crippen LogP contribution in [-0.2, 0) is 0 Å². The van der Waals surface area contributed by atoms with Gasteiger partial charge in [0, 0.05) is 22.8 Å². The fourth-order valence-corrected chi connectivity index (χ4v) is 3.70. The second kappa shape index (κ2) is 8.42. The molecule has 2 amide bonds. The van der Waals surface area contributed by atoms with Gasteiger partial charge in [0.2, 0.25) is 0 Å². The summed E-state index contributed by atoms with van der Waals surface area (Å²) in [6.07, 6.45) is 0.972. The van der Waals surface area contributed by atoms with Gasteiger partial charge >= 0.3 is 6.03 Å². The van der Waals surface area contributed by atoms with Crippen LogP contribution in [0, 0.1) is 0 Å². The SMILES string of the molecule is C[NH+](C)CCCNC(=O)N1c2ccccc2Sc2ccccc21.[Cl-]. The Kier molecular flexibility index (Phi) is 6.54. The third-order valence-corrected chi connectivity index (χ3v) is 4.90. The first-order chi connectivity index (χ1) is 11.2. The van der Waals surface area contributed by atoms with Gasteiger partial charge in [0.1, 0.15) is 0 Å². The number of carbonyl (C=O) groups excluding carboxylic acids is 1. The molecule has 0 atom stereocenters. The van der Waals surface area contributed by atoms with Gasteiger partial charge in [-0.1, -0.05) is 36.0 Å². The van der Waals surface area contributed by atoms with Crippen molar-refractivity contribution in [3.63, 3.8) is 0 Å². The Morgan fingerprint density at radius 2 is 1.58 bits per heavy atom. The van der Waals surface area contributed by atoms with E-state index in [1.165, 1.54) is 4.90 Å². The third kappa shape index (κ3) is 4.04. The van der Waals surface area contributed by atoms with Gasteiger partial charge in [-0.05, 0) is 24.3 Å². The highest BCUT2D eigenvalue weighted by molar-refractivity contribution is 7.99. The van der Waals surface area contributed by atoms with Crippen molar-refractivity contribution in [2.75, 3.05) is 32.1 Å². The topological polar surface area (TPSA) is 36.8 Å². The fraction of sp³-hybridized carbons (Fsp3) is 0.278. The molecule has 0 radical (unpaired) electrons. The number of hydrogen-bond donors (Lipinski definition) is 2. The Balaban J connectivity index is 0.00000208. The second-order valence-electron chi connectivity index (χ2n) is 5.92. The molecule has 0 bridgehead atoms. The molecule has 3 rings (SSSR count). The van der Waals surface area contributed by atoms with Gasteiger partial charge in [-0.15, -0.1) is 0 Å². The molecule has 2 N–H and O–H groups in total. The summed E-state index contributed by atoms with van der Waals surface area (Å²) in [6.45, 7) is 1.74. The number of quaternary nitrogens is 1. The van der Waals surface area contributed by atoms with Crippen molar-refractivity contribution < 1.29 is 22.1 Å². The van der Waals surface area contributed by atoms with Crippen LogP contribution in [0.1, 0.15) is 6.42 Å². The van der Waals surface area contributed by atoms with Gasteiger partial charge in [-0.25, -0.2) is 4.79 Å². The van der Waals surface area contributed by atoms with E-state index < -0.39 is 0 Å². The maximum atomic E-state index is 12.8. The third-order valence-electron chi connectivity index (χ3n) is 3.77. The molecular formula is C18H22ClN3OS. The minimum Gasteiger partial charge on any atom is -1.00 e. The molecule has 0 unspecified atom stereocenters. The first-order valence-corrected chi connectivity index (χ1v) is 8.71. The van der Waals surface area contributed by atoms with E-state index in [2.05, 4.69) is 31.5 Å². The monoisotopic (exact) mass is 363 g/mol. The van der Waals surface area contributed by atoms with E-state index in [9.17, 15) is 4.79 Å². The number of fused-ring (bicyclic) bond motifs is 2. The van der Waals surface area contributed by atoms with Crippen molar-refractivity contribution in [3.8, 4) is 0 Å². The van der Waals surface area contributed by atoms with Crippen LogP contribution in [0.5, 0.6) is 0 Å². The number of urea groups is 1. The van der Waals surface area contributed by atoms with Crippen LogP contribution in [0.2, 0.25) is 0 Å². The molecular weight excluding hydrogens is 342 g/mol. The van der Waals surface area contributed by atoms with Gasteiger partial charge in [0.25, 0.3) is 0 Å². The van der Waals surface area contributed by atoms with Crippen LogP contribution in [0.3, 0.4) is 0 Å². The summed E-state index contributed by atoms with van der Waals surface area (Å²) in [5.41, 5.74) is 1.90. The van der Waals surface area contributed by atoms with Gasteiger partial charge < -0.3 is 22.6 Å². The molecule has 0 saturated heterocycles. The van der Waals surface area contributed by atoms with Crippen LogP contribution in [-0.4, -0.2) is 33.2 Å². The Bertz CT molecular complexity index is 663. The summed E-state index contributed by atoms with van der Waals surface area (Å²) in [5, 5.41) is 3.05. The van der Waals surface area contributed by atoms with Gasteiger partial charge in [0.15, 0.2) is 0 Å². The molecule has 1 heterocycles. The van der Waals surface area contributed by atoms with Crippen molar-refractivity contribution in [2.45, 2.75) is 16.2 Å². The second-order valence-corrected chi connectivity index (χ2v) is 7.00. The lowest BCUT2D eigenvalue weighted by molar-refractivity contribution is -0.858. The number of nitrogens with one attached hydrogen (secondary N) is 2. The predicted octanol–water partition coefficient (Wildman–Crippen LogP) is -0.462. The van der Waals surface area contributed by atoms with Crippen molar-refractivity contribution in [1.29, 1.82) is 0 Å². The van der Waals surface area contributed by atoms with E-state index in [0.29, 0.717) is 6.54 Å². The summed E-state index contributed by atoms with van der Waals surface area (Å²) in [5.74, 6) is 0. The Morgan fingerprint density at radius 1 is 1.04 bits per heavy atom. The summed E-state index contributed by atoms with van der Waals surface area (Å²) in [6, 6.07) is 16.0. The quantitative estimate of drug-likeness (QED) is 0.721. The lowest BCUT2D eigenvalue weighted by Gasteiger charge is -2.31. The van der Waals surface area contributed by atoms with Crippen molar-refractivity contribution in [2.24, 2.45) is 0 Å². The van der Waals surface area contributed by atoms with Crippen molar-refractivity contribution in [3.05, 3.63) is 48.5 Å². The molecule has 1 aliphatic heterocycles. The number of anilines is 2. The van der Waals surface area contributed by atoms with Crippen LogP contribution in [0.4, 0.5) is 16.2 Å². The lowest BCUT2D eigenvalue weighted by atomic mass is 10.2. The largest absolute Gasteiger partial charge is 1.00 e. The molecule has 0 fully saturated rings. The highest BCUT2D eigenvalue weighted by atomic mass is 35.5. The summed E-state index contributed by atoms with van der Waals surface area (Å²) >= 11 is 1.71. The van der Waals surface area contributed by atoms with E-state index in [0.717, 1.165) is 34.1 Å². The average Bonchev–Trinajstić information content (AvgIpc) is 2.56. The maximum absolute atomic E-state index is 12.8. The van der Waals surface area contributed by atoms with E-state index in [-0.39, 0.29) is 18.4 Å². The molecule has 128 valence electrons. The maximum Gasteiger partial charge on any atom is 0.326 e. The zero-order chi connectivity index (χ0) is 16.2. The molecule has 2 aromatic carbocycles. The number of rotatable bonds is 4. The van der Waals surface area contributed by atoms with Crippen LogP contribution < -0.4 is 27.5 Å². The van der Waals surface area contributed by atoms with Gasteiger partial charge in [0.05, 0.1) is 32.0 Å². The van der Waals surface area contributed by atoms with Crippen molar-refractivity contribution >= 4 is 29.2 Å². The molecule has 0 spiro atoms. The number of benzene rings is 2. The first-order valence-electron chi connectivity index (χ1n) is 7.90. The van der Waals surface area contributed by atoms with Gasteiger partial charge in [-0.3, -0.25) is 4.90 Å². The highest BCUT2D eigenvalue weighted by Crippen LogP contribution is 2.47. The van der Waals surface area contributed by atoms with Crippen LogP contribution in [0.25, 0.3) is 0 Å². The molecule has 24 heavy (non-hydrogen) atoms. The zero-order valence-electron chi connectivity index (χ0n) is 13.9. The fourth-order valence-electron chi connectivity index (χ4n) is 2.64. The number of carbonyl (C=O) groups is 1. The normalized spacial score (nSPS) is 12.2. The van der Waals surface area contributed by atoms with Crippen LogP contribution in [0.15, 0.2) is 58.3 Å². The Hall–Kier alpha value is -1.69. The summed E-state index contributed by atoms with van der Waals surface area (Å²) < 4.78 is 0. The number of amides is 2. The van der Waals surface area contributed by atoms with Crippen molar-refractivity contribution in [1.82, 2.24) is 5.32 Å². The van der Waals surface area contributed by atoms with E-state index in [1.54, 1.807) is 16.7 Å². The summed E-state index contributed by atoms with van der Waals surface area (Å²) in [4.78, 5) is 18.2. The van der Waals surface area contributed by atoms with E-state index in [4.69, 9.17) is 0 Å². The van der Waals surface area contributed by atoms with Gasteiger partial charge in [-0.2, -0.15) is 0 Å². The number of para-hydroxylation sites is 2. The predicted molar refractivity (Wildman–Crippen MR) is 94.8 cm³/mol. The first kappa shape index (κ1) is 18.6. The Labute approximate surface area is 153 Å². The minimum atomic E-state index is -0.0565. The minimum absolute atomic E-state index is 0. The summed E-state index contributed by atoms with van der Waals surface area (Å²) in [7, 11) is 4.24. The molecule has 0 aliphatic carbocycles.